The molecule has 136 valence electrons. The van der Waals surface area contributed by atoms with E-state index in [4.69, 9.17) is 18.2 Å². The quantitative estimate of drug-likeness (QED) is 0.450. The van der Waals surface area contributed by atoms with Crippen molar-refractivity contribution in [2.75, 3.05) is 5.32 Å². The van der Waals surface area contributed by atoms with E-state index in [0.29, 0.717) is 18.1 Å². The molecule has 0 spiro atoms. The second-order valence-corrected chi connectivity index (χ2v) is 6.82. The molecule has 0 radical (unpaired) electrons. The first-order valence-corrected chi connectivity index (χ1v) is 9.10. The summed E-state index contributed by atoms with van der Waals surface area (Å²) in [6.07, 6.45) is 3.48. The van der Waals surface area contributed by atoms with Crippen LogP contribution >= 0.6 is 11.6 Å². The zero-order chi connectivity index (χ0) is 19.5. The molecule has 0 amide bonds. The molecule has 5 nitrogen and oxygen atoms in total. The Labute approximate surface area is 167 Å². The topological polar surface area (TPSA) is 55.1 Å². The molecule has 0 saturated heterocycles. The Morgan fingerprint density at radius 1 is 1.07 bits per heavy atom. The number of hydrogen-bond acceptors (Lipinski definition) is 4. The van der Waals surface area contributed by atoms with Crippen molar-refractivity contribution in [2.24, 2.45) is 0 Å². The molecule has 0 unspecified atom stereocenters. The van der Waals surface area contributed by atoms with Crippen LogP contribution in [0.5, 0.6) is 0 Å². The summed E-state index contributed by atoms with van der Waals surface area (Å²) in [5, 5.41) is 14.6. The van der Waals surface area contributed by atoms with Crippen molar-refractivity contribution in [3.05, 3.63) is 88.5 Å². The molecule has 28 heavy (non-hydrogen) atoms. The molecule has 0 atom stereocenters. The van der Waals surface area contributed by atoms with Crippen LogP contribution in [0, 0.1) is 13.5 Å². The first-order valence-electron chi connectivity index (χ1n) is 8.73. The number of fused-ring (bicyclic) bond motifs is 1. The average Bonchev–Trinajstić information content (AvgIpc) is 2.74. The highest BCUT2D eigenvalue weighted by atomic mass is 35.5. The second kappa shape index (κ2) is 7.63. The summed E-state index contributed by atoms with van der Waals surface area (Å²) in [6.45, 7) is 9.86. The largest absolute Gasteiger partial charge is 0.364 e. The Kier molecular flexibility index (Phi) is 4.88. The predicted molar refractivity (Wildman–Crippen MR) is 113 cm³/mol. The van der Waals surface area contributed by atoms with Crippen LogP contribution in [0.25, 0.3) is 26.9 Å². The van der Waals surface area contributed by atoms with Crippen LogP contribution in [0.3, 0.4) is 0 Å². The van der Waals surface area contributed by atoms with E-state index in [1.165, 1.54) is 0 Å². The van der Waals surface area contributed by atoms with E-state index in [0.717, 1.165) is 38.2 Å². The Morgan fingerprint density at radius 2 is 1.96 bits per heavy atom. The Morgan fingerprint density at radius 3 is 2.71 bits per heavy atom. The lowest BCUT2D eigenvalue weighted by atomic mass is 10.1. The minimum Gasteiger partial charge on any atom is -0.364 e. The van der Waals surface area contributed by atoms with Crippen molar-refractivity contribution < 1.29 is 0 Å². The van der Waals surface area contributed by atoms with E-state index in [1.807, 2.05) is 49.4 Å². The lowest BCUT2D eigenvalue weighted by Gasteiger charge is -2.12. The zero-order valence-electron chi connectivity index (χ0n) is 15.1. The summed E-state index contributed by atoms with van der Waals surface area (Å²) in [4.78, 5) is 7.72. The number of anilines is 1. The van der Waals surface area contributed by atoms with Gasteiger partial charge < -0.3 is 5.32 Å². The molecule has 0 aliphatic rings. The first-order chi connectivity index (χ1) is 13.7. The summed E-state index contributed by atoms with van der Waals surface area (Å²) in [5.74, 6) is 0.629. The van der Waals surface area contributed by atoms with Gasteiger partial charge in [0.15, 0.2) is 11.5 Å². The normalized spacial score (nSPS) is 10.6. The van der Waals surface area contributed by atoms with E-state index in [9.17, 15) is 0 Å². The minimum atomic E-state index is 0.554. The third kappa shape index (κ3) is 3.51. The second-order valence-electron chi connectivity index (χ2n) is 6.42. The summed E-state index contributed by atoms with van der Waals surface area (Å²) in [5.41, 5.74) is 4.26. The van der Waals surface area contributed by atoms with Crippen LogP contribution in [0.2, 0.25) is 5.02 Å². The van der Waals surface area contributed by atoms with Crippen LogP contribution in [-0.2, 0) is 6.54 Å². The van der Waals surface area contributed by atoms with E-state index < -0.39 is 0 Å². The number of pyridine rings is 1. The van der Waals surface area contributed by atoms with E-state index in [1.54, 1.807) is 18.5 Å². The van der Waals surface area contributed by atoms with Gasteiger partial charge in [0, 0.05) is 40.3 Å². The molecule has 6 heteroatoms. The molecular formula is C22H16ClN5. The highest BCUT2D eigenvalue weighted by Gasteiger charge is 2.12. The van der Waals surface area contributed by atoms with Crippen LogP contribution in [0.4, 0.5) is 11.5 Å². The van der Waals surface area contributed by atoms with Crippen LogP contribution in [-0.4, -0.2) is 15.2 Å². The zero-order valence-corrected chi connectivity index (χ0v) is 15.9. The minimum absolute atomic E-state index is 0.554. The predicted octanol–water partition coefficient (Wildman–Crippen LogP) is 5.82. The van der Waals surface area contributed by atoms with Crippen molar-refractivity contribution in [1.29, 1.82) is 0 Å². The Hall–Kier alpha value is -3.49. The van der Waals surface area contributed by atoms with Gasteiger partial charge in [-0.25, -0.2) is 4.85 Å². The smallest absolute Gasteiger partial charge is 0.188 e. The van der Waals surface area contributed by atoms with Crippen LogP contribution in [0.15, 0.2) is 60.9 Å². The number of benzene rings is 2. The van der Waals surface area contributed by atoms with Gasteiger partial charge in [-0.2, -0.15) is 0 Å². The molecule has 1 N–H and O–H groups in total. The van der Waals surface area contributed by atoms with Gasteiger partial charge in [-0.3, -0.25) is 4.98 Å². The summed E-state index contributed by atoms with van der Waals surface area (Å²) < 4.78 is 0. The van der Waals surface area contributed by atoms with Gasteiger partial charge in [-0.1, -0.05) is 35.9 Å². The Bertz CT molecular complexity index is 1200. The fourth-order valence-electron chi connectivity index (χ4n) is 2.99. The van der Waals surface area contributed by atoms with Crippen LogP contribution < -0.4 is 5.32 Å². The average molecular weight is 386 g/mol. The molecule has 0 aliphatic carbocycles. The molecule has 2 aromatic carbocycles. The fourth-order valence-corrected chi connectivity index (χ4v) is 3.19. The Balaban J connectivity index is 1.76. The maximum absolute atomic E-state index is 7.33. The van der Waals surface area contributed by atoms with Gasteiger partial charge in [0.05, 0.1) is 6.57 Å². The molecule has 4 rings (SSSR count). The molecule has 2 aromatic heterocycles. The maximum atomic E-state index is 7.33. The maximum Gasteiger partial charge on any atom is 0.188 e. The van der Waals surface area contributed by atoms with Crippen molar-refractivity contribution in [1.82, 2.24) is 15.2 Å². The van der Waals surface area contributed by atoms with E-state index >= 15 is 0 Å². The molecule has 0 bridgehead atoms. The standard InChI is InChI=1S/C22H16ClN5/c1-14-5-6-15(10-20(14)23)12-26-22-19-11-17(24-2)7-8-18(19)21(27-28-22)16-4-3-9-25-13-16/h3-11,13H,12H2,1H3,(H,26,28). The highest BCUT2D eigenvalue weighted by Crippen LogP contribution is 2.32. The molecule has 0 saturated carbocycles. The van der Waals surface area contributed by atoms with Crippen molar-refractivity contribution in [3.63, 3.8) is 0 Å². The number of aryl methyl sites for hydroxylation is 1. The van der Waals surface area contributed by atoms with Gasteiger partial charge in [-0.05, 0) is 42.3 Å². The number of halogens is 1. The summed E-state index contributed by atoms with van der Waals surface area (Å²) >= 11 is 6.22. The number of rotatable bonds is 4. The monoisotopic (exact) mass is 385 g/mol. The van der Waals surface area contributed by atoms with E-state index in [2.05, 4.69) is 25.3 Å². The lowest BCUT2D eigenvalue weighted by Crippen LogP contribution is -2.04. The molecule has 0 aliphatic heterocycles. The molecule has 0 fully saturated rings. The van der Waals surface area contributed by atoms with Gasteiger partial charge in [0.1, 0.15) is 5.69 Å². The molecule has 2 heterocycles. The number of hydrogen-bond donors (Lipinski definition) is 1. The van der Waals surface area contributed by atoms with Crippen LogP contribution in [0.1, 0.15) is 11.1 Å². The lowest BCUT2D eigenvalue weighted by molar-refractivity contribution is 1.02. The van der Waals surface area contributed by atoms with Gasteiger partial charge >= 0.3 is 0 Å². The van der Waals surface area contributed by atoms with Gasteiger partial charge in [0.2, 0.25) is 0 Å². The summed E-state index contributed by atoms with van der Waals surface area (Å²) in [7, 11) is 0. The number of nitrogens with one attached hydrogen (secondary N) is 1. The number of nitrogens with zero attached hydrogens (tertiary/aromatic N) is 4. The van der Waals surface area contributed by atoms with Crippen molar-refractivity contribution in [2.45, 2.75) is 13.5 Å². The first kappa shape index (κ1) is 17.9. The fraction of sp³-hybridized carbons (Fsp3) is 0.0909. The van der Waals surface area contributed by atoms with Crippen molar-refractivity contribution in [3.8, 4) is 11.3 Å². The summed E-state index contributed by atoms with van der Waals surface area (Å²) in [6, 6.07) is 15.3. The highest BCUT2D eigenvalue weighted by molar-refractivity contribution is 6.31. The molecular weight excluding hydrogens is 370 g/mol. The number of aromatic nitrogens is 3. The third-order valence-electron chi connectivity index (χ3n) is 4.52. The van der Waals surface area contributed by atoms with Crippen molar-refractivity contribution >= 4 is 33.9 Å². The molecule has 4 aromatic rings. The van der Waals surface area contributed by atoms with Gasteiger partial charge in [0.25, 0.3) is 0 Å². The van der Waals surface area contributed by atoms with E-state index in [-0.39, 0.29) is 0 Å². The van der Waals surface area contributed by atoms with Gasteiger partial charge in [-0.15, -0.1) is 10.2 Å². The SMILES string of the molecule is [C-]#[N+]c1ccc2c(-c3cccnc3)nnc(NCc3ccc(C)c(Cl)c3)c2c1. The third-order valence-corrected chi connectivity index (χ3v) is 4.93.